The molecule has 1 aliphatic carbocycles. The number of hydrogen-bond donors (Lipinski definition) is 1. The summed E-state index contributed by atoms with van der Waals surface area (Å²) in [6.45, 7) is 7.26. The maximum Gasteiger partial charge on any atom is 0.409 e. The quantitative estimate of drug-likeness (QED) is 0.460. The molecule has 1 N–H and O–H groups in total. The van der Waals surface area contributed by atoms with E-state index < -0.39 is 0 Å². The topological polar surface area (TPSA) is 97.6 Å². The highest BCUT2D eigenvalue weighted by molar-refractivity contribution is 7.17. The van der Waals surface area contributed by atoms with E-state index in [4.69, 9.17) is 19.4 Å². The molecule has 6 rings (SSSR count). The zero-order chi connectivity index (χ0) is 27.5. The van der Waals surface area contributed by atoms with Crippen LogP contribution in [0.2, 0.25) is 0 Å². The van der Waals surface area contributed by atoms with E-state index in [-0.39, 0.29) is 6.09 Å². The number of rotatable bonds is 6. The molecule has 1 amide bonds. The van der Waals surface area contributed by atoms with Crippen molar-refractivity contribution in [1.29, 1.82) is 0 Å². The maximum absolute atomic E-state index is 12.0. The van der Waals surface area contributed by atoms with Crippen molar-refractivity contribution in [2.45, 2.75) is 76.4 Å². The minimum absolute atomic E-state index is 0.206. The molecule has 11 heteroatoms. The van der Waals surface area contributed by atoms with E-state index >= 15 is 0 Å². The number of methoxy groups -OCH3 is 1. The lowest BCUT2D eigenvalue weighted by atomic mass is 9.90. The van der Waals surface area contributed by atoms with Crippen molar-refractivity contribution in [3.63, 3.8) is 0 Å². The smallest absolute Gasteiger partial charge is 0.409 e. The van der Waals surface area contributed by atoms with Gasteiger partial charge in [0.05, 0.1) is 24.7 Å². The number of anilines is 1. The summed E-state index contributed by atoms with van der Waals surface area (Å²) in [5.74, 6) is 1.82. The van der Waals surface area contributed by atoms with Gasteiger partial charge in [-0.2, -0.15) is 5.10 Å². The molecular formula is C29H41N7O3S. The Labute approximate surface area is 240 Å². The Morgan fingerprint density at radius 1 is 1.07 bits per heavy atom. The van der Waals surface area contributed by atoms with Crippen LogP contribution in [0.25, 0.3) is 10.2 Å². The van der Waals surface area contributed by atoms with Crippen LogP contribution in [0.15, 0.2) is 17.8 Å². The molecule has 0 unspecified atom stereocenters. The molecule has 3 aromatic rings. The van der Waals surface area contributed by atoms with E-state index in [9.17, 15) is 4.79 Å². The second kappa shape index (κ2) is 12.4. The number of amides is 1. The highest BCUT2D eigenvalue weighted by Crippen LogP contribution is 2.33. The molecule has 3 fully saturated rings. The molecule has 10 nitrogen and oxygen atoms in total. The Bertz CT molecular complexity index is 1300. The number of fused-ring (bicyclic) bond motifs is 1. The van der Waals surface area contributed by atoms with Crippen molar-refractivity contribution in [3.05, 3.63) is 34.7 Å². The largest absolute Gasteiger partial charge is 0.453 e. The predicted molar refractivity (Wildman–Crippen MR) is 156 cm³/mol. The van der Waals surface area contributed by atoms with Crippen molar-refractivity contribution in [3.8, 4) is 0 Å². The highest BCUT2D eigenvalue weighted by atomic mass is 32.1. The van der Waals surface area contributed by atoms with Crippen LogP contribution in [0, 0.1) is 6.92 Å². The van der Waals surface area contributed by atoms with Gasteiger partial charge in [-0.1, -0.05) is 0 Å². The standard InChI is InChI=1S/C29H41N7O3S/c1-20-19-40-28-26(20)27(32-25(33-28)16-21-17-30-36(18-21)24-8-14-39-15-9-24)31-22-4-6-23(7-5-22)34-10-3-11-35(13-12-34)29(37)38-2/h17-19,22-24H,3-16H2,1-2H3,(H,31,32,33). The molecule has 5 heterocycles. The second-order valence-corrected chi connectivity index (χ2v) is 12.3. The summed E-state index contributed by atoms with van der Waals surface area (Å²) in [6.07, 6.45) is 12.2. The van der Waals surface area contributed by atoms with E-state index in [1.807, 2.05) is 11.1 Å². The summed E-state index contributed by atoms with van der Waals surface area (Å²) < 4.78 is 12.6. The van der Waals surface area contributed by atoms with Gasteiger partial charge in [-0.05, 0) is 68.4 Å². The third kappa shape index (κ3) is 6.11. The van der Waals surface area contributed by atoms with Crippen molar-refractivity contribution in [2.24, 2.45) is 0 Å². The van der Waals surface area contributed by atoms with Crippen LogP contribution >= 0.6 is 11.3 Å². The van der Waals surface area contributed by atoms with E-state index in [1.165, 1.54) is 12.7 Å². The van der Waals surface area contributed by atoms with Gasteiger partial charge in [0.1, 0.15) is 16.5 Å². The van der Waals surface area contributed by atoms with E-state index in [1.54, 1.807) is 11.3 Å². The number of aryl methyl sites for hydroxylation is 1. The first-order chi connectivity index (χ1) is 19.6. The molecule has 0 aromatic carbocycles. The highest BCUT2D eigenvalue weighted by Gasteiger charge is 2.29. The van der Waals surface area contributed by atoms with Gasteiger partial charge < -0.3 is 19.7 Å². The Morgan fingerprint density at radius 3 is 2.70 bits per heavy atom. The molecule has 3 aliphatic rings. The summed E-state index contributed by atoms with van der Waals surface area (Å²) in [7, 11) is 1.47. The van der Waals surface area contributed by atoms with Gasteiger partial charge in [0, 0.05) is 64.1 Å². The fourth-order valence-corrected chi connectivity index (χ4v) is 7.45. The van der Waals surface area contributed by atoms with Crippen LogP contribution < -0.4 is 5.32 Å². The predicted octanol–water partition coefficient (Wildman–Crippen LogP) is 4.64. The molecule has 1 saturated carbocycles. The molecule has 0 radical (unpaired) electrons. The monoisotopic (exact) mass is 567 g/mol. The number of hydrogen-bond acceptors (Lipinski definition) is 9. The molecule has 0 atom stereocenters. The SMILES string of the molecule is COC(=O)N1CCCN(C2CCC(Nc3nc(Cc4cnn(C5CCOCC5)c4)nc4scc(C)c34)CC2)CC1. The fourth-order valence-electron chi connectivity index (χ4n) is 6.51. The Morgan fingerprint density at radius 2 is 1.90 bits per heavy atom. The van der Waals surface area contributed by atoms with Gasteiger partial charge in [-0.3, -0.25) is 9.58 Å². The van der Waals surface area contributed by atoms with Crippen molar-refractivity contribution in [1.82, 2.24) is 29.5 Å². The fraction of sp³-hybridized carbons (Fsp3) is 0.655. The van der Waals surface area contributed by atoms with Crippen LogP contribution in [0.3, 0.4) is 0 Å². The molecule has 40 heavy (non-hydrogen) atoms. The van der Waals surface area contributed by atoms with E-state index in [0.29, 0.717) is 24.5 Å². The second-order valence-electron chi connectivity index (χ2n) is 11.4. The summed E-state index contributed by atoms with van der Waals surface area (Å²) in [6, 6.07) is 1.39. The van der Waals surface area contributed by atoms with E-state index in [2.05, 4.69) is 38.5 Å². The average Bonchev–Trinajstić information content (AvgIpc) is 3.52. The summed E-state index contributed by atoms with van der Waals surface area (Å²) >= 11 is 1.70. The zero-order valence-electron chi connectivity index (χ0n) is 23.7. The minimum Gasteiger partial charge on any atom is -0.453 e. The molecule has 3 aromatic heterocycles. The summed E-state index contributed by atoms with van der Waals surface area (Å²) in [5, 5.41) is 11.8. The van der Waals surface area contributed by atoms with Gasteiger partial charge in [0.15, 0.2) is 0 Å². The van der Waals surface area contributed by atoms with Gasteiger partial charge in [0.2, 0.25) is 0 Å². The lowest BCUT2D eigenvalue weighted by molar-refractivity contribution is 0.0662. The van der Waals surface area contributed by atoms with Gasteiger partial charge >= 0.3 is 6.09 Å². The van der Waals surface area contributed by atoms with Crippen LogP contribution in [-0.2, 0) is 15.9 Å². The first-order valence-corrected chi connectivity index (χ1v) is 15.6. The first kappa shape index (κ1) is 27.4. The number of carbonyl (C=O) groups is 1. The molecule has 2 aliphatic heterocycles. The van der Waals surface area contributed by atoms with Crippen LogP contribution in [0.4, 0.5) is 10.6 Å². The molecule has 216 valence electrons. The maximum atomic E-state index is 12.0. The van der Waals surface area contributed by atoms with Gasteiger partial charge in [0.25, 0.3) is 0 Å². The first-order valence-electron chi connectivity index (χ1n) is 14.8. The van der Waals surface area contributed by atoms with Crippen LogP contribution in [-0.4, -0.2) is 94.2 Å². The normalized spacial score (nSPS) is 23.3. The number of carbonyl (C=O) groups excluding carboxylic acids is 1. The zero-order valence-corrected chi connectivity index (χ0v) is 24.5. The summed E-state index contributed by atoms with van der Waals surface area (Å²) in [5.41, 5.74) is 2.38. The summed E-state index contributed by atoms with van der Waals surface area (Å²) in [4.78, 5) is 27.5. The lowest BCUT2D eigenvalue weighted by Crippen LogP contribution is -2.43. The average molecular weight is 568 g/mol. The van der Waals surface area contributed by atoms with Crippen LogP contribution in [0.1, 0.15) is 67.9 Å². The number of nitrogens with one attached hydrogen (secondary N) is 1. The van der Waals surface area contributed by atoms with Crippen molar-refractivity contribution < 1.29 is 14.3 Å². The minimum atomic E-state index is -0.206. The Kier molecular flexibility index (Phi) is 8.50. The van der Waals surface area contributed by atoms with Crippen molar-refractivity contribution >= 4 is 33.5 Å². The third-order valence-corrected chi connectivity index (χ3v) is 9.75. The van der Waals surface area contributed by atoms with E-state index in [0.717, 1.165) is 112 Å². The lowest BCUT2D eigenvalue weighted by Gasteiger charge is -2.36. The van der Waals surface area contributed by atoms with Gasteiger partial charge in [-0.25, -0.2) is 14.8 Å². The Hall–Kier alpha value is -2.76. The molecule has 0 spiro atoms. The van der Waals surface area contributed by atoms with Crippen LogP contribution in [0.5, 0.6) is 0 Å². The number of nitrogens with zero attached hydrogens (tertiary/aromatic N) is 6. The molecule has 2 saturated heterocycles. The Balaban J connectivity index is 1.10. The number of thiophene rings is 1. The van der Waals surface area contributed by atoms with Gasteiger partial charge in [-0.15, -0.1) is 11.3 Å². The van der Waals surface area contributed by atoms with Crippen molar-refractivity contribution in [2.75, 3.05) is 51.8 Å². The number of ether oxygens (including phenoxy) is 2. The molecule has 0 bridgehead atoms. The third-order valence-electron chi connectivity index (χ3n) is 8.76. The number of aromatic nitrogens is 4. The molecular weight excluding hydrogens is 526 g/mol.